The Labute approximate surface area is 205 Å². The topological polar surface area (TPSA) is 49.4 Å². The molecule has 1 heterocycles. The third-order valence-corrected chi connectivity index (χ3v) is 10.5. The number of carbonyl (C=O) groups is 2. The Morgan fingerprint density at radius 3 is 2.62 bits per heavy atom. The number of hydrogen-bond acceptors (Lipinski definition) is 2. The Bertz CT molecular complexity index is 942. The van der Waals surface area contributed by atoms with Gasteiger partial charge in [0.15, 0.2) is 0 Å². The maximum Gasteiger partial charge on any atom is 0.246 e. The molecule has 1 aliphatic heterocycles. The molecule has 1 aromatic rings. The van der Waals surface area contributed by atoms with Crippen molar-refractivity contribution in [3.8, 4) is 0 Å². The highest BCUT2D eigenvalue weighted by atomic mass is 16.2. The SMILES string of the molecule is CN1C(=O)C=C[C@]2(C)[C@H]3CC[C@]4(C)[C@@H](C(=O)NCCCCc5ccccc5)CC[C@H]4[C@@H]3CC[C@@H]12. The molecule has 184 valence electrons. The Kier molecular flexibility index (Phi) is 6.37. The predicted octanol–water partition coefficient (Wildman–Crippen LogP) is 5.38. The molecule has 0 unspecified atom stereocenters. The molecule has 4 aliphatic rings. The second-order valence-electron chi connectivity index (χ2n) is 12.0. The van der Waals surface area contributed by atoms with Crippen molar-refractivity contribution in [1.82, 2.24) is 10.2 Å². The van der Waals surface area contributed by atoms with E-state index in [-0.39, 0.29) is 22.7 Å². The summed E-state index contributed by atoms with van der Waals surface area (Å²) in [6.45, 7) is 5.60. The van der Waals surface area contributed by atoms with Crippen LogP contribution in [0.3, 0.4) is 0 Å². The number of amides is 2. The first-order chi connectivity index (χ1) is 16.3. The van der Waals surface area contributed by atoms with Crippen molar-refractivity contribution in [2.24, 2.45) is 34.5 Å². The lowest BCUT2D eigenvalue weighted by atomic mass is 9.47. The monoisotopic (exact) mass is 462 g/mol. The number of rotatable bonds is 6. The summed E-state index contributed by atoms with van der Waals surface area (Å²) in [5.41, 5.74) is 1.58. The van der Waals surface area contributed by atoms with E-state index < -0.39 is 0 Å². The lowest BCUT2D eigenvalue weighted by molar-refractivity contribution is -0.142. The Morgan fingerprint density at radius 2 is 1.82 bits per heavy atom. The van der Waals surface area contributed by atoms with E-state index in [4.69, 9.17) is 0 Å². The van der Waals surface area contributed by atoms with Gasteiger partial charge >= 0.3 is 0 Å². The first-order valence-electron chi connectivity index (χ1n) is 13.6. The lowest BCUT2D eigenvalue weighted by Gasteiger charge is -2.60. The number of fused-ring (bicyclic) bond motifs is 5. The van der Waals surface area contributed by atoms with Crippen LogP contribution in [0.4, 0.5) is 0 Å². The first-order valence-corrected chi connectivity index (χ1v) is 13.6. The second kappa shape index (κ2) is 9.17. The van der Waals surface area contributed by atoms with Gasteiger partial charge < -0.3 is 10.2 Å². The van der Waals surface area contributed by atoms with E-state index in [2.05, 4.69) is 55.6 Å². The first kappa shape index (κ1) is 23.6. The third kappa shape index (κ3) is 3.91. The van der Waals surface area contributed by atoms with Crippen molar-refractivity contribution in [2.75, 3.05) is 13.6 Å². The van der Waals surface area contributed by atoms with Gasteiger partial charge in [0.25, 0.3) is 0 Å². The van der Waals surface area contributed by atoms with Crippen LogP contribution in [-0.4, -0.2) is 36.3 Å². The second-order valence-corrected chi connectivity index (χ2v) is 12.0. The number of nitrogens with one attached hydrogen (secondary N) is 1. The summed E-state index contributed by atoms with van der Waals surface area (Å²) in [4.78, 5) is 27.6. The number of hydrogen-bond donors (Lipinski definition) is 1. The van der Waals surface area contributed by atoms with Gasteiger partial charge in [0.1, 0.15) is 0 Å². The molecule has 0 aromatic heterocycles. The number of unbranched alkanes of at least 4 members (excludes halogenated alkanes) is 1. The maximum atomic E-state index is 13.3. The molecule has 34 heavy (non-hydrogen) atoms. The van der Waals surface area contributed by atoms with Crippen LogP contribution >= 0.6 is 0 Å². The summed E-state index contributed by atoms with van der Waals surface area (Å²) in [6.07, 6.45) is 14.1. The van der Waals surface area contributed by atoms with Gasteiger partial charge in [-0.2, -0.15) is 0 Å². The van der Waals surface area contributed by atoms with E-state index in [1.54, 1.807) is 0 Å². The van der Waals surface area contributed by atoms with Crippen LogP contribution < -0.4 is 5.32 Å². The standard InChI is InChI=1S/C30H42N2O2/c1-29-18-16-24-22(12-15-26-30(24,2)19-17-27(33)32(26)3)23(29)13-14-25(29)28(34)31-20-8-7-11-21-9-5-4-6-10-21/h4-6,9-10,17,19,22-26H,7-8,11-16,18,20H2,1-3H3,(H,31,34)/t22-,23-,24-,25+,26+,29-,30+/m0/s1. The van der Waals surface area contributed by atoms with Gasteiger partial charge in [-0.05, 0) is 92.6 Å². The molecule has 5 rings (SSSR count). The summed E-state index contributed by atoms with van der Waals surface area (Å²) in [6, 6.07) is 10.9. The van der Waals surface area contributed by atoms with Gasteiger partial charge in [-0.15, -0.1) is 0 Å². The maximum absolute atomic E-state index is 13.3. The quantitative estimate of drug-likeness (QED) is 0.577. The van der Waals surface area contributed by atoms with E-state index in [1.165, 1.54) is 24.8 Å². The normalized spacial score (nSPS) is 38.7. The van der Waals surface area contributed by atoms with Gasteiger partial charge in [0.05, 0.1) is 0 Å². The van der Waals surface area contributed by atoms with E-state index >= 15 is 0 Å². The van der Waals surface area contributed by atoms with E-state index in [0.29, 0.717) is 29.7 Å². The van der Waals surface area contributed by atoms with Gasteiger partial charge in [-0.25, -0.2) is 0 Å². The van der Waals surface area contributed by atoms with Crippen LogP contribution in [0, 0.1) is 34.5 Å². The van der Waals surface area contributed by atoms with E-state index in [0.717, 1.165) is 45.1 Å². The molecule has 3 aliphatic carbocycles. The van der Waals surface area contributed by atoms with Crippen LogP contribution in [0.25, 0.3) is 0 Å². The number of aryl methyl sites for hydroxylation is 1. The fourth-order valence-electron chi connectivity index (χ4n) is 8.60. The summed E-state index contributed by atoms with van der Waals surface area (Å²) >= 11 is 0. The highest BCUT2D eigenvalue weighted by Crippen LogP contribution is 2.65. The fourth-order valence-corrected chi connectivity index (χ4v) is 8.60. The van der Waals surface area contributed by atoms with E-state index in [1.807, 2.05) is 18.0 Å². The zero-order chi connectivity index (χ0) is 23.9. The molecule has 0 saturated heterocycles. The van der Waals surface area contributed by atoms with Gasteiger partial charge in [0.2, 0.25) is 11.8 Å². The van der Waals surface area contributed by atoms with Crippen LogP contribution in [0.1, 0.15) is 70.8 Å². The lowest BCUT2D eigenvalue weighted by Crippen LogP contribution is -2.59. The Morgan fingerprint density at radius 1 is 1.03 bits per heavy atom. The zero-order valence-corrected chi connectivity index (χ0v) is 21.3. The zero-order valence-electron chi connectivity index (χ0n) is 21.3. The summed E-state index contributed by atoms with van der Waals surface area (Å²) in [7, 11) is 1.98. The molecule has 4 nitrogen and oxygen atoms in total. The summed E-state index contributed by atoms with van der Waals surface area (Å²) in [5.74, 6) is 2.54. The number of likely N-dealkylation sites (N-methyl/N-ethyl adjacent to an activating group) is 1. The average molecular weight is 463 g/mol. The smallest absolute Gasteiger partial charge is 0.246 e. The van der Waals surface area contributed by atoms with Crippen LogP contribution in [-0.2, 0) is 16.0 Å². The van der Waals surface area contributed by atoms with Gasteiger partial charge in [-0.3, -0.25) is 9.59 Å². The minimum Gasteiger partial charge on any atom is -0.356 e. The molecule has 0 bridgehead atoms. The Hall–Kier alpha value is -2.10. The number of carbonyl (C=O) groups excluding carboxylic acids is 2. The van der Waals surface area contributed by atoms with Gasteiger partial charge in [0, 0.05) is 31.0 Å². The number of benzene rings is 1. The molecule has 2 amide bonds. The molecule has 1 N–H and O–H groups in total. The van der Waals surface area contributed by atoms with Crippen molar-refractivity contribution in [3.05, 3.63) is 48.0 Å². The third-order valence-electron chi connectivity index (χ3n) is 10.5. The molecule has 3 saturated carbocycles. The average Bonchev–Trinajstić information content (AvgIpc) is 3.19. The minimum atomic E-state index is 0.0754. The minimum absolute atomic E-state index is 0.0754. The van der Waals surface area contributed by atoms with Crippen LogP contribution in [0.5, 0.6) is 0 Å². The van der Waals surface area contributed by atoms with Crippen molar-refractivity contribution in [3.63, 3.8) is 0 Å². The van der Waals surface area contributed by atoms with Crippen LogP contribution in [0.2, 0.25) is 0 Å². The molecule has 1 aromatic carbocycles. The highest BCUT2D eigenvalue weighted by Gasteiger charge is 2.61. The van der Waals surface area contributed by atoms with Crippen molar-refractivity contribution in [1.29, 1.82) is 0 Å². The molecule has 0 spiro atoms. The van der Waals surface area contributed by atoms with Gasteiger partial charge in [-0.1, -0.05) is 50.3 Å². The number of nitrogens with zero attached hydrogens (tertiary/aromatic N) is 1. The Balaban J connectivity index is 1.19. The van der Waals surface area contributed by atoms with Crippen molar-refractivity contribution < 1.29 is 9.59 Å². The fraction of sp³-hybridized carbons (Fsp3) is 0.667. The van der Waals surface area contributed by atoms with E-state index in [9.17, 15) is 9.59 Å². The highest BCUT2D eigenvalue weighted by molar-refractivity contribution is 5.89. The predicted molar refractivity (Wildman–Crippen MR) is 136 cm³/mol. The molecule has 4 heteroatoms. The summed E-state index contributed by atoms with van der Waals surface area (Å²) < 4.78 is 0. The molecular weight excluding hydrogens is 420 g/mol. The summed E-state index contributed by atoms with van der Waals surface area (Å²) in [5, 5.41) is 3.31. The molecule has 3 fully saturated rings. The largest absolute Gasteiger partial charge is 0.356 e. The molecule has 0 radical (unpaired) electrons. The molecule has 7 atom stereocenters. The van der Waals surface area contributed by atoms with Crippen LogP contribution in [0.15, 0.2) is 42.5 Å². The molecular formula is C30H42N2O2. The van der Waals surface area contributed by atoms with Crippen molar-refractivity contribution in [2.45, 2.75) is 77.7 Å². The van der Waals surface area contributed by atoms with Crippen molar-refractivity contribution >= 4 is 11.8 Å².